The van der Waals surface area contributed by atoms with Crippen LogP contribution in [0.25, 0.3) is 0 Å². The van der Waals surface area contributed by atoms with Crippen LogP contribution in [-0.2, 0) is 0 Å². The first-order valence-corrected chi connectivity index (χ1v) is 6.80. The summed E-state index contributed by atoms with van der Waals surface area (Å²) in [6.07, 6.45) is 1.28. The van der Waals surface area contributed by atoms with Crippen molar-refractivity contribution in [2.24, 2.45) is 5.41 Å². The molecule has 0 amide bonds. The quantitative estimate of drug-likeness (QED) is 0.695. The standard InChI is InChI=1S/C12H25NS/c1-11(2,3)10-12(4,5)13-6-8-14-9-7-13/h6-10H2,1-5H3. The zero-order chi connectivity index (χ0) is 10.8. The highest BCUT2D eigenvalue weighted by Crippen LogP contribution is 2.32. The molecule has 1 rings (SSSR count). The molecule has 84 valence electrons. The lowest BCUT2D eigenvalue weighted by Crippen LogP contribution is -2.49. The third-order valence-corrected chi connectivity index (χ3v) is 3.77. The van der Waals surface area contributed by atoms with E-state index in [1.165, 1.54) is 31.0 Å². The van der Waals surface area contributed by atoms with Crippen LogP contribution >= 0.6 is 11.8 Å². The molecule has 0 radical (unpaired) electrons. The topological polar surface area (TPSA) is 3.24 Å². The molecule has 0 bridgehead atoms. The van der Waals surface area contributed by atoms with E-state index in [0.717, 1.165) is 0 Å². The Morgan fingerprint density at radius 3 is 1.93 bits per heavy atom. The summed E-state index contributed by atoms with van der Waals surface area (Å²) in [4.78, 5) is 2.66. The van der Waals surface area contributed by atoms with Crippen LogP contribution in [0.5, 0.6) is 0 Å². The Balaban J connectivity index is 2.54. The molecule has 0 aliphatic carbocycles. The van der Waals surface area contributed by atoms with Crippen molar-refractivity contribution in [3.8, 4) is 0 Å². The van der Waals surface area contributed by atoms with Gasteiger partial charge in [-0.2, -0.15) is 11.8 Å². The summed E-state index contributed by atoms with van der Waals surface area (Å²) in [5, 5.41) is 0. The average Bonchev–Trinajstić information content (AvgIpc) is 2.01. The van der Waals surface area contributed by atoms with Crippen LogP contribution in [0.4, 0.5) is 0 Å². The first-order valence-electron chi connectivity index (χ1n) is 5.64. The first-order chi connectivity index (χ1) is 6.31. The molecule has 1 heterocycles. The van der Waals surface area contributed by atoms with Gasteiger partial charge in [-0.3, -0.25) is 4.90 Å². The second kappa shape index (κ2) is 4.44. The largest absolute Gasteiger partial charge is 0.297 e. The average molecular weight is 215 g/mol. The third kappa shape index (κ3) is 3.82. The van der Waals surface area contributed by atoms with Crippen molar-refractivity contribution in [2.75, 3.05) is 24.6 Å². The van der Waals surface area contributed by atoms with E-state index in [1.54, 1.807) is 0 Å². The lowest BCUT2D eigenvalue weighted by molar-refractivity contribution is 0.0875. The van der Waals surface area contributed by atoms with E-state index in [2.05, 4.69) is 51.3 Å². The Bertz CT molecular complexity index is 175. The maximum absolute atomic E-state index is 2.66. The third-order valence-electron chi connectivity index (χ3n) is 2.83. The van der Waals surface area contributed by atoms with Gasteiger partial charge in [-0.05, 0) is 25.7 Å². The van der Waals surface area contributed by atoms with Crippen molar-refractivity contribution in [3.63, 3.8) is 0 Å². The highest BCUT2D eigenvalue weighted by molar-refractivity contribution is 7.99. The van der Waals surface area contributed by atoms with Gasteiger partial charge in [0.1, 0.15) is 0 Å². The van der Waals surface area contributed by atoms with Crippen LogP contribution in [0.1, 0.15) is 41.0 Å². The van der Waals surface area contributed by atoms with E-state index >= 15 is 0 Å². The fourth-order valence-electron chi connectivity index (χ4n) is 2.58. The molecule has 0 saturated carbocycles. The molecule has 0 spiro atoms. The van der Waals surface area contributed by atoms with Gasteiger partial charge in [0.2, 0.25) is 0 Å². The van der Waals surface area contributed by atoms with Gasteiger partial charge in [0.05, 0.1) is 0 Å². The second-order valence-electron chi connectivity index (χ2n) is 6.15. The van der Waals surface area contributed by atoms with Crippen LogP contribution in [0.2, 0.25) is 0 Å². The summed E-state index contributed by atoms with van der Waals surface area (Å²) in [5.74, 6) is 2.63. The molecule has 0 aromatic rings. The maximum Gasteiger partial charge on any atom is 0.0158 e. The van der Waals surface area contributed by atoms with E-state index in [1.807, 2.05) is 0 Å². The molecule has 0 N–H and O–H groups in total. The molecule has 0 aromatic carbocycles. The lowest BCUT2D eigenvalue weighted by Gasteiger charge is -2.44. The maximum atomic E-state index is 2.66. The molecule has 1 saturated heterocycles. The van der Waals surface area contributed by atoms with Crippen molar-refractivity contribution in [3.05, 3.63) is 0 Å². The molecule has 0 aromatic heterocycles. The van der Waals surface area contributed by atoms with E-state index < -0.39 is 0 Å². The number of nitrogens with zero attached hydrogens (tertiary/aromatic N) is 1. The molecular formula is C12H25NS. The van der Waals surface area contributed by atoms with Crippen LogP contribution in [0.3, 0.4) is 0 Å². The van der Waals surface area contributed by atoms with Crippen molar-refractivity contribution < 1.29 is 0 Å². The summed E-state index contributed by atoms with van der Waals surface area (Å²) in [6, 6.07) is 0. The summed E-state index contributed by atoms with van der Waals surface area (Å²) >= 11 is 2.09. The second-order valence-corrected chi connectivity index (χ2v) is 7.37. The molecule has 1 nitrogen and oxygen atoms in total. The normalized spacial score (nSPS) is 21.2. The van der Waals surface area contributed by atoms with Crippen LogP contribution < -0.4 is 0 Å². The Labute approximate surface area is 93.6 Å². The van der Waals surface area contributed by atoms with Crippen molar-refractivity contribution in [1.82, 2.24) is 4.90 Å². The molecule has 0 unspecified atom stereocenters. The van der Waals surface area contributed by atoms with Crippen LogP contribution in [0.15, 0.2) is 0 Å². The lowest BCUT2D eigenvalue weighted by atomic mass is 9.81. The molecule has 14 heavy (non-hydrogen) atoms. The Morgan fingerprint density at radius 1 is 1.00 bits per heavy atom. The molecule has 1 fully saturated rings. The molecule has 2 heteroatoms. The van der Waals surface area contributed by atoms with Crippen molar-refractivity contribution >= 4 is 11.8 Å². The minimum Gasteiger partial charge on any atom is -0.297 e. The SMILES string of the molecule is CC(C)(C)CC(C)(C)N1CCSCC1. The zero-order valence-electron chi connectivity index (χ0n) is 10.4. The smallest absolute Gasteiger partial charge is 0.0158 e. The minimum absolute atomic E-state index is 0.374. The van der Waals surface area contributed by atoms with E-state index in [9.17, 15) is 0 Å². The van der Waals surface area contributed by atoms with Gasteiger partial charge in [0, 0.05) is 30.1 Å². The number of hydrogen-bond acceptors (Lipinski definition) is 2. The molecule has 0 atom stereocenters. The molecular weight excluding hydrogens is 190 g/mol. The zero-order valence-corrected chi connectivity index (χ0v) is 11.2. The predicted molar refractivity (Wildman–Crippen MR) is 67.0 cm³/mol. The Kier molecular flexibility index (Phi) is 3.93. The van der Waals surface area contributed by atoms with Crippen LogP contribution in [-0.4, -0.2) is 35.0 Å². The number of thioether (sulfide) groups is 1. The summed E-state index contributed by atoms with van der Waals surface area (Å²) in [6.45, 7) is 14.4. The predicted octanol–water partition coefficient (Wildman–Crippen LogP) is 3.25. The van der Waals surface area contributed by atoms with Gasteiger partial charge in [0.15, 0.2) is 0 Å². The highest BCUT2D eigenvalue weighted by Gasteiger charge is 2.31. The van der Waals surface area contributed by atoms with Gasteiger partial charge >= 0.3 is 0 Å². The van der Waals surface area contributed by atoms with Gasteiger partial charge in [-0.25, -0.2) is 0 Å². The van der Waals surface area contributed by atoms with Gasteiger partial charge in [0.25, 0.3) is 0 Å². The van der Waals surface area contributed by atoms with Gasteiger partial charge < -0.3 is 0 Å². The minimum atomic E-state index is 0.374. The fourth-order valence-corrected chi connectivity index (χ4v) is 3.48. The summed E-state index contributed by atoms with van der Waals surface area (Å²) in [7, 11) is 0. The summed E-state index contributed by atoms with van der Waals surface area (Å²) < 4.78 is 0. The van der Waals surface area contributed by atoms with Crippen molar-refractivity contribution in [1.29, 1.82) is 0 Å². The molecule has 1 aliphatic heterocycles. The molecule has 1 aliphatic rings. The fraction of sp³-hybridized carbons (Fsp3) is 1.00. The van der Waals surface area contributed by atoms with Gasteiger partial charge in [-0.1, -0.05) is 20.8 Å². The highest BCUT2D eigenvalue weighted by atomic mass is 32.2. The number of rotatable bonds is 2. The van der Waals surface area contributed by atoms with E-state index in [0.29, 0.717) is 11.0 Å². The van der Waals surface area contributed by atoms with Crippen LogP contribution in [0, 0.1) is 5.41 Å². The van der Waals surface area contributed by atoms with E-state index in [-0.39, 0.29) is 0 Å². The Hall–Kier alpha value is 0.310. The number of hydrogen-bond donors (Lipinski definition) is 0. The van der Waals surface area contributed by atoms with Crippen molar-refractivity contribution in [2.45, 2.75) is 46.6 Å². The van der Waals surface area contributed by atoms with Gasteiger partial charge in [-0.15, -0.1) is 0 Å². The monoisotopic (exact) mass is 215 g/mol. The first kappa shape index (κ1) is 12.4. The Morgan fingerprint density at radius 2 is 1.50 bits per heavy atom. The van der Waals surface area contributed by atoms with E-state index in [4.69, 9.17) is 0 Å². The summed E-state index contributed by atoms with van der Waals surface area (Å²) in [5.41, 5.74) is 0.813.